The molecule has 2 N–H and O–H groups in total. The third-order valence-electron chi connectivity index (χ3n) is 2.74. The number of carbonyl (C=O) groups is 1. The molecule has 5 heteroatoms. The van der Waals surface area contributed by atoms with Gasteiger partial charge in [-0.25, -0.2) is 9.18 Å². The fourth-order valence-electron chi connectivity index (χ4n) is 1.90. The molecule has 82 valence electrons. The molecule has 0 saturated heterocycles. The van der Waals surface area contributed by atoms with Gasteiger partial charge >= 0.3 is 5.97 Å². The van der Waals surface area contributed by atoms with Gasteiger partial charge in [-0.3, -0.25) is 0 Å². The molecule has 0 heterocycles. The van der Waals surface area contributed by atoms with E-state index in [1.165, 1.54) is 7.11 Å². The molecule has 0 radical (unpaired) electrons. The number of hydrogen-bond donors (Lipinski definition) is 2. The van der Waals surface area contributed by atoms with Crippen molar-refractivity contribution in [2.75, 3.05) is 7.11 Å². The molecule has 4 nitrogen and oxygen atoms in total. The first-order valence-corrected chi connectivity index (χ1v) is 4.61. The van der Waals surface area contributed by atoms with Gasteiger partial charge in [0.05, 0.1) is 6.10 Å². The fourth-order valence-corrected chi connectivity index (χ4v) is 1.90. The number of carboxylic acid groups (broad SMARTS) is 1. The van der Waals surface area contributed by atoms with Gasteiger partial charge in [0.1, 0.15) is 5.60 Å². The van der Waals surface area contributed by atoms with E-state index in [4.69, 9.17) is 9.84 Å². The first kappa shape index (κ1) is 11.4. The Hall–Kier alpha value is -0.680. The number of aliphatic carboxylic acids is 1. The van der Waals surface area contributed by atoms with E-state index in [2.05, 4.69) is 0 Å². The summed E-state index contributed by atoms with van der Waals surface area (Å²) in [6.07, 6.45) is -0.905. The van der Waals surface area contributed by atoms with Crippen LogP contribution >= 0.6 is 0 Å². The van der Waals surface area contributed by atoms with E-state index >= 15 is 0 Å². The lowest BCUT2D eigenvalue weighted by molar-refractivity contribution is -0.161. The largest absolute Gasteiger partial charge is 0.479 e. The molecule has 1 saturated carbocycles. The second kappa shape index (κ2) is 4.23. The number of rotatable bonds is 3. The summed E-state index contributed by atoms with van der Waals surface area (Å²) in [5, 5.41) is 18.3. The van der Waals surface area contributed by atoms with Crippen molar-refractivity contribution in [2.24, 2.45) is 0 Å². The second-order valence-electron chi connectivity index (χ2n) is 3.76. The molecule has 1 aliphatic rings. The molecule has 0 aromatic heterocycles. The lowest BCUT2D eigenvalue weighted by Crippen LogP contribution is -2.49. The van der Waals surface area contributed by atoms with E-state index in [1.807, 2.05) is 0 Å². The van der Waals surface area contributed by atoms with Gasteiger partial charge in [0.25, 0.3) is 0 Å². The lowest BCUT2D eigenvalue weighted by Gasteiger charge is -2.36. The Morgan fingerprint density at radius 3 is 2.86 bits per heavy atom. The lowest BCUT2D eigenvalue weighted by atomic mass is 9.80. The number of hydrogen-bond acceptors (Lipinski definition) is 3. The number of halogens is 1. The van der Waals surface area contributed by atoms with Crippen LogP contribution in [0.15, 0.2) is 0 Å². The maximum absolute atomic E-state index is 13.2. The maximum Gasteiger partial charge on any atom is 0.341 e. The molecular weight excluding hydrogens is 191 g/mol. The van der Waals surface area contributed by atoms with Crippen LogP contribution in [0.4, 0.5) is 4.39 Å². The van der Waals surface area contributed by atoms with Crippen molar-refractivity contribution < 1.29 is 24.1 Å². The van der Waals surface area contributed by atoms with Crippen molar-refractivity contribution in [2.45, 2.75) is 43.6 Å². The monoisotopic (exact) mass is 206 g/mol. The smallest absolute Gasteiger partial charge is 0.341 e. The van der Waals surface area contributed by atoms with Gasteiger partial charge in [-0.15, -0.1) is 0 Å². The van der Waals surface area contributed by atoms with Crippen molar-refractivity contribution in [3.05, 3.63) is 0 Å². The Morgan fingerprint density at radius 2 is 2.36 bits per heavy atom. The summed E-state index contributed by atoms with van der Waals surface area (Å²) in [6, 6.07) is 0. The van der Waals surface area contributed by atoms with E-state index in [1.54, 1.807) is 0 Å². The Morgan fingerprint density at radius 1 is 1.71 bits per heavy atom. The van der Waals surface area contributed by atoms with Crippen molar-refractivity contribution in [1.29, 1.82) is 0 Å². The van der Waals surface area contributed by atoms with Crippen LogP contribution in [0, 0.1) is 0 Å². The minimum absolute atomic E-state index is 0.0525. The van der Waals surface area contributed by atoms with Crippen molar-refractivity contribution in [3.63, 3.8) is 0 Å². The standard InChI is InChI=1S/C9H15FO4/c1-14-6-3-2-4-9(13,5-6)7(10)8(11)12/h6-7,13H,2-5H2,1H3,(H,11,12). The van der Waals surface area contributed by atoms with Crippen LogP contribution in [0.2, 0.25) is 0 Å². The highest BCUT2D eigenvalue weighted by Crippen LogP contribution is 2.33. The Labute approximate surface area is 81.7 Å². The van der Waals surface area contributed by atoms with E-state index in [0.29, 0.717) is 6.42 Å². The summed E-state index contributed by atoms with van der Waals surface area (Å²) in [4.78, 5) is 10.4. The number of aliphatic hydroxyl groups is 1. The van der Waals surface area contributed by atoms with Crippen molar-refractivity contribution >= 4 is 5.97 Å². The van der Waals surface area contributed by atoms with E-state index in [0.717, 1.165) is 6.42 Å². The van der Waals surface area contributed by atoms with Gasteiger partial charge in [-0.2, -0.15) is 0 Å². The molecule has 14 heavy (non-hydrogen) atoms. The fraction of sp³-hybridized carbons (Fsp3) is 0.889. The quantitative estimate of drug-likeness (QED) is 0.714. The van der Waals surface area contributed by atoms with Crippen LogP contribution in [0.25, 0.3) is 0 Å². The topological polar surface area (TPSA) is 66.8 Å². The van der Waals surface area contributed by atoms with Gasteiger partial charge in [0.15, 0.2) is 0 Å². The average Bonchev–Trinajstić information content (AvgIpc) is 2.16. The van der Waals surface area contributed by atoms with Crippen LogP contribution in [0.1, 0.15) is 25.7 Å². The maximum atomic E-state index is 13.2. The number of carboxylic acids is 1. The molecule has 0 aromatic rings. The molecule has 0 aliphatic heterocycles. The zero-order valence-corrected chi connectivity index (χ0v) is 8.07. The third kappa shape index (κ3) is 2.22. The van der Waals surface area contributed by atoms with Crippen LogP contribution in [0.3, 0.4) is 0 Å². The predicted octanol–water partition coefficient (Wildman–Crippen LogP) is 0.729. The van der Waals surface area contributed by atoms with E-state index < -0.39 is 17.7 Å². The minimum atomic E-state index is -2.22. The Balaban J connectivity index is 2.67. The Bertz CT molecular complexity index is 221. The molecule has 1 aliphatic carbocycles. The SMILES string of the molecule is COC1CCCC(O)(C(F)C(=O)O)C1. The Kier molecular flexibility index (Phi) is 3.44. The molecule has 1 rings (SSSR count). The normalized spacial score (nSPS) is 35.2. The van der Waals surface area contributed by atoms with Crippen LogP contribution in [-0.2, 0) is 9.53 Å². The number of alkyl halides is 1. The summed E-state index contributed by atoms with van der Waals surface area (Å²) < 4.78 is 18.2. The third-order valence-corrected chi connectivity index (χ3v) is 2.74. The highest BCUT2D eigenvalue weighted by atomic mass is 19.1. The summed E-state index contributed by atoms with van der Waals surface area (Å²) >= 11 is 0. The highest BCUT2D eigenvalue weighted by Gasteiger charge is 2.45. The average molecular weight is 206 g/mol. The highest BCUT2D eigenvalue weighted by molar-refractivity contribution is 5.73. The van der Waals surface area contributed by atoms with Crippen molar-refractivity contribution in [3.8, 4) is 0 Å². The molecule has 0 aromatic carbocycles. The molecule has 3 atom stereocenters. The molecule has 1 fully saturated rings. The van der Waals surface area contributed by atoms with Gasteiger partial charge in [0, 0.05) is 13.5 Å². The van der Waals surface area contributed by atoms with Gasteiger partial charge < -0.3 is 14.9 Å². The van der Waals surface area contributed by atoms with Crippen LogP contribution in [-0.4, -0.2) is 41.2 Å². The van der Waals surface area contributed by atoms with Crippen LogP contribution < -0.4 is 0 Å². The van der Waals surface area contributed by atoms with E-state index in [-0.39, 0.29) is 18.9 Å². The first-order valence-electron chi connectivity index (χ1n) is 4.61. The molecule has 0 spiro atoms. The molecule has 3 unspecified atom stereocenters. The summed E-state index contributed by atoms with van der Waals surface area (Å²) in [6.45, 7) is 0. The molecular formula is C9H15FO4. The summed E-state index contributed by atoms with van der Waals surface area (Å²) in [5.74, 6) is -1.61. The predicted molar refractivity (Wildman–Crippen MR) is 46.7 cm³/mol. The van der Waals surface area contributed by atoms with Gasteiger partial charge in [0.2, 0.25) is 6.17 Å². The summed E-state index contributed by atoms with van der Waals surface area (Å²) in [5.41, 5.74) is -1.76. The van der Waals surface area contributed by atoms with Gasteiger partial charge in [-0.05, 0) is 19.3 Å². The number of ether oxygens (including phenoxy) is 1. The molecule has 0 amide bonds. The van der Waals surface area contributed by atoms with Crippen LogP contribution in [0.5, 0.6) is 0 Å². The second-order valence-corrected chi connectivity index (χ2v) is 3.76. The zero-order chi connectivity index (χ0) is 10.8. The molecule has 0 bridgehead atoms. The van der Waals surface area contributed by atoms with E-state index in [9.17, 15) is 14.3 Å². The zero-order valence-electron chi connectivity index (χ0n) is 8.07. The van der Waals surface area contributed by atoms with Crippen molar-refractivity contribution in [1.82, 2.24) is 0 Å². The first-order chi connectivity index (χ1) is 6.49. The summed E-state index contributed by atoms with van der Waals surface area (Å²) in [7, 11) is 1.48. The minimum Gasteiger partial charge on any atom is -0.479 e. The number of methoxy groups -OCH3 is 1. The van der Waals surface area contributed by atoms with Gasteiger partial charge in [-0.1, -0.05) is 0 Å².